The van der Waals surface area contributed by atoms with Crippen LogP contribution in [0.4, 0.5) is 10.5 Å². The van der Waals surface area contributed by atoms with Crippen molar-refractivity contribution < 1.29 is 14.6 Å². The number of nitrogens with one attached hydrogen (secondary N) is 1. The van der Waals surface area contributed by atoms with Crippen LogP contribution in [0.1, 0.15) is 29.2 Å². The summed E-state index contributed by atoms with van der Waals surface area (Å²) in [4.78, 5) is 12.0. The van der Waals surface area contributed by atoms with E-state index in [4.69, 9.17) is 4.74 Å². The first-order valence-corrected chi connectivity index (χ1v) is 9.00. The Balaban J connectivity index is 1.50. The van der Waals surface area contributed by atoms with Crippen LogP contribution in [0.5, 0.6) is 0 Å². The zero-order valence-corrected chi connectivity index (χ0v) is 15.0. The second-order valence-corrected chi connectivity index (χ2v) is 6.35. The average Bonchev–Trinajstić information content (AvgIpc) is 2.72. The number of rotatable bonds is 7. The zero-order valence-electron chi connectivity index (χ0n) is 15.0. The summed E-state index contributed by atoms with van der Waals surface area (Å²) in [6, 6.07) is 26.8. The monoisotopic (exact) mass is 361 g/mol. The van der Waals surface area contributed by atoms with Crippen molar-refractivity contribution in [2.75, 3.05) is 5.32 Å². The summed E-state index contributed by atoms with van der Waals surface area (Å²) in [7, 11) is 0. The largest absolute Gasteiger partial charge is 0.444 e. The number of amides is 1. The fourth-order valence-electron chi connectivity index (χ4n) is 2.83. The van der Waals surface area contributed by atoms with Crippen LogP contribution in [-0.4, -0.2) is 11.2 Å². The van der Waals surface area contributed by atoms with Crippen LogP contribution in [0.3, 0.4) is 0 Å². The number of aliphatic hydroxyl groups excluding tert-OH is 1. The molecule has 2 N–H and O–H groups in total. The predicted molar refractivity (Wildman–Crippen MR) is 106 cm³/mol. The van der Waals surface area contributed by atoms with E-state index >= 15 is 0 Å². The fraction of sp³-hybridized carbons (Fsp3) is 0.174. The second kappa shape index (κ2) is 9.55. The molecule has 3 aromatic rings. The maximum Gasteiger partial charge on any atom is 0.411 e. The number of carbonyl (C=O) groups excluding carboxylic acids is 1. The summed E-state index contributed by atoms with van der Waals surface area (Å²) in [5, 5.41) is 13.0. The van der Waals surface area contributed by atoms with Gasteiger partial charge >= 0.3 is 6.09 Å². The summed E-state index contributed by atoms with van der Waals surface area (Å²) >= 11 is 0. The van der Waals surface area contributed by atoms with E-state index in [9.17, 15) is 9.90 Å². The molecule has 0 heterocycles. The van der Waals surface area contributed by atoms with Gasteiger partial charge in [-0.05, 0) is 41.7 Å². The summed E-state index contributed by atoms with van der Waals surface area (Å²) < 4.78 is 5.24. The third kappa shape index (κ3) is 5.97. The Kier molecular flexibility index (Phi) is 6.61. The van der Waals surface area contributed by atoms with Gasteiger partial charge in [-0.25, -0.2) is 4.79 Å². The summed E-state index contributed by atoms with van der Waals surface area (Å²) in [6.07, 6.45) is 0.343. The lowest BCUT2D eigenvalue weighted by Gasteiger charge is -2.12. The van der Waals surface area contributed by atoms with Crippen molar-refractivity contribution in [1.82, 2.24) is 0 Å². The molecule has 138 valence electrons. The summed E-state index contributed by atoms with van der Waals surface area (Å²) in [5.41, 5.74) is 3.58. The SMILES string of the molecule is O=C(Nc1cccc(CCC(O)c2ccccc2)c1)OCc1ccccc1. The minimum Gasteiger partial charge on any atom is -0.444 e. The van der Waals surface area contributed by atoms with Gasteiger partial charge in [-0.3, -0.25) is 5.32 Å². The van der Waals surface area contributed by atoms with Gasteiger partial charge < -0.3 is 9.84 Å². The molecule has 1 atom stereocenters. The Morgan fingerprint density at radius 2 is 1.56 bits per heavy atom. The van der Waals surface area contributed by atoms with E-state index in [-0.39, 0.29) is 6.61 Å². The van der Waals surface area contributed by atoms with Crippen LogP contribution in [0, 0.1) is 0 Å². The lowest BCUT2D eigenvalue weighted by atomic mass is 10.0. The first-order valence-electron chi connectivity index (χ1n) is 9.00. The van der Waals surface area contributed by atoms with Crippen molar-refractivity contribution in [3.05, 3.63) is 102 Å². The molecule has 0 aliphatic heterocycles. The maximum atomic E-state index is 12.0. The molecule has 0 spiro atoms. The van der Waals surface area contributed by atoms with Gasteiger partial charge in [0, 0.05) is 5.69 Å². The number of benzene rings is 3. The third-order valence-corrected chi connectivity index (χ3v) is 4.28. The van der Waals surface area contributed by atoms with Crippen molar-refractivity contribution in [2.45, 2.75) is 25.6 Å². The molecule has 3 rings (SSSR count). The Hall–Kier alpha value is -3.11. The topological polar surface area (TPSA) is 58.6 Å². The highest BCUT2D eigenvalue weighted by Crippen LogP contribution is 2.20. The molecule has 3 aromatic carbocycles. The van der Waals surface area contributed by atoms with Gasteiger partial charge in [0.05, 0.1) is 6.10 Å². The van der Waals surface area contributed by atoms with Crippen LogP contribution < -0.4 is 5.32 Å². The van der Waals surface area contributed by atoms with Gasteiger partial charge in [0.1, 0.15) is 6.61 Å². The molecule has 1 unspecified atom stereocenters. The maximum absolute atomic E-state index is 12.0. The van der Waals surface area contributed by atoms with Crippen molar-refractivity contribution in [2.24, 2.45) is 0 Å². The Labute approximate surface area is 159 Å². The zero-order chi connectivity index (χ0) is 18.9. The molecule has 0 saturated carbocycles. The molecular formula is C23H23NO3. The first-order chi connectivity index (χ1) is 13.2. The number of hydrogen-bond donors (Lipinski definition) is 2. The third-order valence-electron chi connectivity index (χ3n) is 4.28. The number of aryl methyl sites for hydroxylation is 1. The molecule has 0 aromatic heterocycles. The minimum absolute atomic E-state index is 0.232. The molecule has 0 saturated heterocycles. The second-order valence-electron chi connectivity index (χ2n) is 6.35. The lowest BCUT2D eigenvalue weighted by molar-refractivity contribution is 0.155. The van der Waals surface area contributed by atoms with Gasteiger partial charge in [0.15, 0.2) is 0 Å². The highest BCUT2D eigenvalue weighted by molar-refractivity contribution is 5.84. The molecular weight excluding hydrogens is 338 g/mol. The highest BCUT2D eigenvalue weighted by atomic mass is 16.5. The quantitative estimate of drug-likeness (QED) is 0.615. The van der Waals surface area contributed by atoms with Crippen molar-refractivity contribution in [3.63, 3.8) is 0 Å². The standard InChI is InChI=1S/C23H23NO3/c25-22(20-11-5-2-6-12-20)15-14-18-10-7-13-21(16-18)24-23(26)27-17-19-8-3-1-4-9-19/h1-13,16,22,25H,14-15,17H2,(H,24,26). The van der Waals surface area contributed by atoms with E-state index in [1.807, 2.05) is 84.9 Å². The van der Waals surface area contributed by atoms with Crippen LogP contribution in [0.15, 0.2) is 84.9 Å². The average molecular weight is 361 g/mol. The molecule has 0 fully saturated rings. The molecule has 4 heteroatoms. The van der Waals surface area contributed by atoms with Crippen molar-refractivity contribution in [3.8, 4) is 0 Å². The molecule has 0 radical (unpaired) electrons. The van der Waals surface area contributed by atoms with Gasteiger partial charge in [0.2, 0.25) is 0 Å². The molecule has 0 aliphatic carbocycles. The Bertz CT molecular complexity index is 850. The minimum atomic E-state index is -0.501. The highest BCUT2D eigenvalue weighted by Gasteiger charge is 2.08. The van der Waals surface area contributed by atoms with E-state index in [0.717, 1.165) is 16.7 Å². The molecule has 1 amide bonds. The van der Waals surface area contributed by atoms with Crippen LogP contribution in [0.25, 0.3) is 0 Å². The van der Waals surface area contributed by atoms with Gasteiger partial charge in [-0.1, -0.05) is 72.8 Å². The summed E-state index contributed by atoms with van der Waals surface area (Å²) in [5.74, 6) is 0. The fourth-order valence-corrected chi connectivity index (χ4v) is 2.83. The molecule has 27 heavy (non-hydrogen) atoms. The van der Waals surface area contributed by atoms with E-state index in [0.29, 0.717) is 18.5 Å². The van der Waals surface area contributed by atoms with Gasteiger partial charge in [0.25, 0.3) is 0 Å². The number of hydrogen-bond acceptors (Lipinski definition) is 3. The number of carbonyl (C=O) groups is 1. The van der Waals surface area contributed by atoms with Crippen LogP contribution in [-0.2, 0) is 17.8 Å². The van der Waals surface area contributed by atoms with E-state index in [1.165, 1.54) is 0 Å². The molecule has 4 nitrogen and oxygen atoms in total. The Morgan fingerprint density at radius 3 is 2.30 bits per heavy atom. The van der Waals surface area contributed by atoms with Gasteiger partial charge in [-0.15, -0.1) is 0 Å². The van der Waals surface area contributed by atoms with Crippen LogP contribution in [0.2, 0.25) is 0 Å². The number of ether oxygens (including phenoxy) is 1. The van der Waals surface area contributed by atoms with Gasteiger partial charge in [-0.2, -0.15) is 0 Å². The van der Waals surface area contributed by atoms with Crippen molar-refractivity contribution >= 4 is 11.8 Å². The first kappa shape index (κ1) is 18.7. The molecule has 0 bridgehead atoms. The normalized spacial score (nSPS) is 11.6. The van der Waals surface area contributed by atoms with E-state index in [2.05, 4.69) is 5.32 Å². The van der Waals surface area contributed by atoms with Crippen LogP contribution >= 0.6 is 0 Å². The number of aliphatic hydroxyl groups is 1. The van der Waals surface area contributed by atoms with Crippen molar-refractivity contribution in [1.29, 1.82) is 0 Å². The van der Waals surface area contributed by atoms with E-state index < -0.39 is 12.2 Å². The Morgan fingerprint density at radius 1 is 0.889 bits per heavy atom. The number of anilines is 1. The smallest absolute Gasteiger partial charge is 0.411 e. The summed E-state index contributed by atoms with van der Waals surface area (Å²) in [6.45, 7) is 0.232. The molecule has 0 aliphatic rings. The predicted octanol–water partition coefficient (Wildman–Crippen LogP) is 5.10. The lowest BCUT2D eigenvalue weighted by Crippen LogP contribution is -2.13. The van der Waals surface area contributed by atoms with E-state index in [1.54, 1.807) is 0 Å².